The molecule has 0 atom stereocenters. The minimum atomic E-state index is -0.182. The number of para-hydroxylation sites is 1. The van der Waals surface area contributed by atoms with Gasteiger partial charge in [-0.2, -0.15) is 0 Å². The zero-order chi connectivity index (χ0) is 15.1. The number of nitrogens with zero attached hydrogens (tertiary/aromatic N) is 2. The van der Waals surface area contributed by atoms with Crippen LogP contribution >= 0.6 is 0 Å². The number of aromatic hydroxyl groups is 1. The minimum absolute atomic E-state index is 0.152. The fourth-order valence-electron chi connectivity index (χ4n) is 3.51. The molecule has 0 unspecified atom stereocenters. The zero-order valence-electron chi connectivity index (χ0n) is 12.3. The Morgan fingerprint density at radius 2 is 2.05 bits per heavy atom. The first kappa shape index (κ1) is 13.4. The van der Waals surface area contributed by atoms with Crippen LogP contribution in [0.15, 0.2) is 22.7 Å². The quantitative estimate of drug-likeness (QED) is 0.879. The van der Waals surface area contributed by atoms with E-state index in [9.17, 15) is 9.90 Å². The molecule has 0 bridgehead atoms. The number of aryl methyl sites for hydroxylation is 2. The highest BCUT2D eigenvalue weighted by atomic mass is 16.5. The first-order valence-corrected chi connectivity index (χ1v) is 7.86. The molecule has 1 aliphatic carbocycles. The van der Waals surface area contributed by atoms with Crippen LogP contribution in [0, 0.1) is 0 Å². The Labute approximate surface area is 128 Å². The number of anilines is 1. The Morgan fingerprint density at radius 3 is 2.95 bits per heavy atom. The van der Waals surface area contributed by atoms with Crippen molar-refractivity contribution in [1.29, 1.82) is 0 Å². The molecule has 5 nitrogen and oxygen atoms in total. The Morgan fingerprint density at radius 1 is 1.18 bits per heavy atom. The van der Waals surface area contributed by atoms with Crippen LogP contribution in [0.2, 0.25) is 0 Å². The molecule has 1 aliphatic heterocycles. The molecule has 0 saturated heterocycles. The van der Waals surface area contributed by atoms with Gasteiger partial charge in [0.15, 0.2) is 0 Å². The number of carbonyl (C=O) groups is 1. The summed E-state index contributed by atoms with van der Waals surface area (Å²) >= 11 is 0. The smallest absolute Gasteiger partial charge is 0.297 e. The maximum atomic E-state index is 12.9. The van der Waals surface area contributed by atoms with Crippen molar-refractivity contribution in [3.05, 3.63) is 40.8 Å². The normalized spacial score (nSPS) is 17.0. The Hall–Kier alpha value is -2.30. The van der Waals surface area contributed by atoms with Crippen molar-refractivity contribution in [2.75, 3.05) is 11.4 Å². The second-order valence-electron chi connectivity index (χ2n) is 5.99. The van der Waals surface area contributed by atoms with E-state index in [4.69, 9.17) is 4.52 Å². The van der Waals surface area contributed by atoms with Crippen LogP contribution in [-0.4, -0.2) is 22.7 Å². The lowest BCUT2D eigenvalue weighted by Gasteiger charge is -2.29. The number of carbonyl (C=O) groups excluding carboxylic acids is 1. The lowest BCUT2D eigenvalue weighted by Crippen LogP contribution is -2.36. The predicted molar refractivity (Wildman–Crippen MR) is 81.2 cm³/mol. The van der Waals surface area contributed by atoms with E-state index in [-0.39, 0.29) is 11.7 Å². The molecule has 1 amide bonds. The molecule has 2 aromatic rings. The molecule has 2 heterocycles. The van der Waals surface area contributed by atoms with E-state index in [1.54, 1.807) is 11.0 Å². The zero-order valence-corrected chi connectivity index (χ0v) is 12.3. The highest BCUT2D eigenvalue weighted by Crippen LogP contribution is 2.37. The topological polar surface area (TPSA) is 66.6 Å². The van der Waals surface area contributed by atoms with Crippen molar-refractivity contribution in [3.63, 3.8) is 0 Å². The maximum Gasteiger partial charge on any atom is 0.297 e. The van der Waals surface area contributed by atoms with Gasteiger partial charge in [-0.25, -0.2) is 0 Å². The van der Waals surface area contributed by atoms with Crippen LogP contribution in [0.3, 0.4) is 0 Å². The van der Waals surface area contributed by atoms with Gasteiger partial charge in [-0.3, -0.25) is 4.79 Å². The number of benzene rings is 1. The van der Waals surface area contributed by atoms with Gasteiger partial charge in [0.1, 0.15) is 5.75 Å². The van der Waals surface area contributed by atoms with Crippen LogP contribution in [0.25, 0.3) is 0 Å². The summed E-state index contributed by atoms with van der Waals surface area (Å²) in [6.07, 6.45) is 5.66. The molecule has 1 N–H and O–H groups in total. The van der Waals surface area contributed by atoms with E-state index in [1.807, 2.05) is 12.1 Å². The van der Waals surface area contributed by atoms with Gasteiger partial charge in [0.2, 0.25) is 5.76 Å². The number of phenolic OH excluding ortho intramolecular Hbond substituents is 1. The van der Waals surface area contributed by atoms with Crippen molar-refractivity contribution in [2.45, 2.75) is 38.5 Å². The van der Waals surface area contributed by atoms with E-state index in [1.165, 1.54) is 0 Å². The van der Waals surface area contributed by atoms with Gasteiger partial charge in [0.05, 0.1) is 11.4 Å². The Bertz CT molecular complexity index is 736. The summed E-state index contributed by atoms with van der Waals surface area (Å²) in [5.41, 5.74) is 3.51. The van der Waals surface area contributed by atoms with Crippen LogP contribution in [-0.2, 0) is 19.3 Å². The molecule has 2 aliphatic rings. The first-order chi connectivity index (χ1) is 10.8. The van der Waals surface area contributed by atoms with Gasteiger partial charge in [-0.15, -0.1) is 0 Å². The molecule has 0 saturated carbocycles. The second-order valence-corrected chi connectivity index (χ2v) is 5.99. The fourth-order valence-corrected chi connectivity index (χ4v) is 3.51. The molecule has 0 spiro atoms. The second kappa shape index (κ2) is 5.16. The largest absolute Gasteiger partial charge is 0.506 e. The van der Waals surface area contributed by atoms with Crippen LogP contribution in [0.4, 0.5) is 5.69 Å². The molecular weight excluding hydrogens is 280 g/mol. The summed E-state index contributed by atoms with van der Waals surface area (Å²) in [5.74, 6) is 0.322. The van der Waals surface area contributed by atoms with Gasteiger partial charge in [-0.1, -0.05) is 17.3 Å². The summed E-state index contributed by atoms with van der Waals surface area (Å²) in [4.78, 5) is 14.6. The summed E-state index contributed by atoms with van der Waals surface area (Å²) < 4.78 is 5.36. The average molecular weight is 298 g/mol. The third kappa shape index (κ3) is 2.00. The van der Waals surface area contributed by atoms with E-state index < -0.39 is 0 Å². The Kier molecular flexibility index (Phi) is 3.13. The third-order valence-electron chi connectivity index (χ3n) is 4.60. The number of amides is 1. The first-order valence-electron chi connectivity index (χ1n) is 7.86. The SMILES string of the molecule is O=C(c1onc2c1CCCC2)N1CCCc2cccc(O)c21. The van der Waals surface area contributed by atoms with Gasteiger partial charge in [0, 0.05) is 12.1 Å². The number of hydrogen-bond donors (Lipinski definition) is 1. The van der Waals surface area contributed by atoms with Crippen LogP contribution < -0.4 is 4.90 Å². The molecule has 114 valence electrons. The summed E-state index contributed by atoms with van der Waals surface area (Å²) in [5, 5.41) is 14.2. The van der Waals surface area contributed by atoms with Gasteiger partial charge in [0.25, 0.3) is 5.91 Å². The van der Waals surface area contributed by atoms with Crippen molar-refractivity contribution in [2.24, 2.45) is 0 Å². The van der Waals surface area contributed by atoms with E-state index >= 15 is 0 Å². The van der Waals surface area contributed by atoms with Gasteiger partial charge >= 0.3 is 0 Å². The lowest BCUT2D eigenvalue weighted by atomic mass is 9.95. The van der Waals surface area contributed by atoms with Crippen molar-refractivity contribution >= 4 is 11.6 Å². The summed E-state index contributed by atoms with van der Waals surface area (Å²) in [7, 11) is 0. The number of rotatable bonds is 1. The highest BCUT2D eigenvalue weighted by molar-refractivity contribution is 6.06. The third-order valence-corrected chi connectivity index (χ3v) is 4.60. The molecular formula is C17H18N2O3. The molecule has 4 rings (SSSR count). The molecule has 5 heteroatoms. The van der Waals surface area contributed by atoms with Crippen LogP contribution in [0.5, 0.6) is 5.75 Å². The predicted octanol–water partition coefficient (Wildman–Crippen LogP) is 2.85. The van der Waals surface area contributed by atoms with E-state index in [0.29, 0.717) is 18.0 Å². The summed E-state index contributed by atoms with van der Waals surface area (Å²) in [6, 6.07) is 5.41. The minimum Gasteiger partial charge on any atom is -0.506 e. The fraction of sp³-hybridized carbons (Fsp3) is 0.412. The number of phenols is 1. The molecule has 22 heavy (non-hydrogen) atoms. The molecule has 0 fully saturated rings. The molecule has 1 aromatic heterocycles. The number of fused-ring (bicyclic) bond motifs is 2. The number of hydrogen-bond acceptors (Lipinski definition) is 4. The van der Waals surface area contributed by atoms with Crippen molar-refractivity contribution < 1.29 is 14.4 Å². The molecule has 0 radical (unpaired) electrons. The molecule has 1 aromatic carbocycles. The highest BCUT2D eigenvalue weighted by Gasteiger charge is 2.32. The van der Waals surface area contributed by atoms with Crippen molar-refractivity contribution in [1.82, 2.24) is 5.16 Å². The Balaban J connectivity index is 1.75. The van der Waals surface area contributed by atoms with Gasteiger partial charge < -0.3 is 14.5 Å². The van der Waals surface area contributed by atoms with Gasteiger partial charge in [-0.05, 0) is 50.2 Å². The van der Waals surface area contributed by atoms with Crippen LogP contribution in [0.1, 0.15) is 46.6 Å². The van der Waals surface area contributed by atoms with E-state index in [2.05, 4.69) is 5.16 Å². The monoisotopic (exact) mass is 298 g/mol. The average Bonchev–Trinajstić information content (AvgIpc) is 2.98. The lowest BCUT2D eigenvalue weighted by molar-refractivity contribution is 0.0947. The van der Waals surface area contributed by atoms with E-state index in [0.717, 1.165) is 55.3 Å². The maximum absolute atomic E-state index is 12.9. The standard InChI is InChI=1S/C17H18N2O3/c20-14-9-3-5-11-6-4-10-19(15(11)14)17(21)16-12-7-1-2-8-13(12)18-22-16/h3,5,9,20H,1-2,4,6-8,10H2. The van der Waals surface area contributed by atoms with Crippen molar-refractivity contribution in [3.8, 4) is 5.75 Å². The summed E-state index contributed by atoms with van der Waals surface area (Å²) in [6.45, 7) is 0.596. The number of aromatic nitrogens is 1.